The Bertz CT molecular complexity index is 786. The molecule has 1 aromatic carbocycles. The molecule has 1 aromatic rings. The third-order valence-corrected chi connectivity index (χ3v) is 8.32. The number of nitrogens with zero attached hydrogens (tertiary/aromatic N) is 2. The van der Waals surface area contributed by atoms with Gasteiger partial charge in [0.15, 0.2) is 0 Å². The summed E-state index contributed by atoms with van der Waals surface area (Å²) < 4.78 is 13.1. The van der Waals surface area contributed by atoms with Gasteiger partial charge in [0.25, 0.3) is 0 Å². The molecule has 0 radical (unpaired) electrons. The fourth-order valence-corrected chi connectivity index (χ4v) is 7.26. The van der Waals surface area contributed by atoms with Crippen LogP contribution in [0, 0.1) is 29.0 Å². The lowest BCUT2D eigenvalue weighted by Gasteiger charge is -2.56. The second-order valence-electron chi connectivity index (χ2n) is 10.5. The van der Waals surface area contributed by atoms with Crippen LogP contribution in [0.5, 0.6) is 0 Å². The Morgan fingerprint density at radius 3 is 2.27 bits per heavy atom. The molecule has 30 heavy (non-hydrogen) atoms. The van der Waals surface area contributed by atoms with Crippen molar-refractivity contribution in [1.82, 2.24) is 9.80 Å². The van der Waals surface area contributed by atoms with Gasteiger partial charge in [0.1, 0.15) is 11.9 Å². The van der Waals surface area contributed by atoms with Gasteiger partial charge in [-0.05, 0) is 93.2 Å². The Morgan fingerprint density at radius 2 is 1.67 bits per heavy atom. The van der Waals surface area contributed by atoms with Crippen LogP contribution in [-0.2, 0) is 16.0 Å². The molecule has 1 atom stereocenters. The molecule has 4 nitrogen and oxygen atoms in total. The zero-order valence-electron chi connectivity index (χ0n) is 18.0. The van der Waals surface area contributed by atoms with E-state index in [9.17, 15) is 14.0 Å². The van der Waals surface area contributed by atoms with Crippen molar-refractivity contribution < 1.29 is 14.0 Å². The fourth-order valence-electron chi connectivity index (χ4n) is 7.26. The van der Waals surface area contributed by atoms with E-state index in [0.717, 1.165) is 62.0 Å². The van der Waals surface area contributed by atoms with E-state index in [1.54, 1.807) is 17.0 Å². The van der Waals surface area contributed by atoms with Gasteiger partial charge in [-0.15, -0.1) is 0 Å². The largest absolute Gasteiger partial charge is 0.344 e. The summed E-state index contributed by atoms with van der Waals surface area (Å²) in [7, 11) is 1.83. The summed E-state index contributed by atoms with van der Waals surface area (Å²) in [5.74, 6) is 2.30. The molecule has 162 valence electrons. The highest BCUT2D eigenvalue weighted by atomic mass is 19.1. The molecule has 4 saturated carbocycles. The number of carbonyl (C=O) groups excluding carboxylic acids is 2. The van der Waals surface area contributed by atoms with Gasteiger partial charge in [0.2, 0.25) is 11.8 Å². The molecule has 5 heteroatoms. The van der Waals surface area contributed by atoms with Crippen LogP contribution in [0.4, 0.5) is 4.39 Å². The van der Waals surface area contributed by atoms with E-state index in [4.69, 9.17) is 0 Å². The standard InChI is InChI=1S/C25H33FN2O2/c1-27(10-8-17-4-6-21(26)7-5-17)23(29)22-3-2-9-28(22)24(30)25-14-18-11-19(15-25)13-20(12-18)16-25/h4-7,18-20,22H,2-3,8-16H2,1H3. The minimum atomic E-state index is -0.302. The first kappa shape index (κ1) is 20.0. The monoisotopic (exact) mass is 412 g/mol. The lowest BCUT2D eigenvalue weighted by Crippen LogP contribution is -2.57. The van der Waals surface area contributed by atoms with Crippen LogP contribution in [0.15, 0.2) is 24.3 Å². The van der Waals surface area contributed by atoms with Crippen LogP contribution >= 0.6 is 0 Å². The predicted octanol–water partition coefficient (Wildman–Crippen LogP) is 4.03. The van der Waals surface area contributed by atoms with Crippen molar-refractivity contribution in [3.63, 3.8) is 0 Å². The maximum Gasteiger partial charge on any atom is 0.245 e. The van der Waals surface area contributed by atoms with Crippen molar-refractivity contribution in [2.75, 3.05) is 20.1 Å². The molecule has 0 spiro atoms. The van der Waals surface area contributed by atoms with E-state index >= 15 is 0 Å². The Balaban J connectivity index is 1.25. The molecular weight excluding hydrogens is 379 g/mol. The summed E-state index contributed by atoms with van der Waals surface area (Å²) in [4.78, 5) is 30.7. The Labute approximate surface area is 178 Å². The number of hydrogen-bond donors (Lipinski definition) is 0. The predicted molar refractivity (Wildman–Crippen MR) is 113 cm³/mol. The molecule has 4 bridgehead atoms. The number of amides is 2. The second-order valence-corrected chi connectivity index (χ2v) is 10.5. The van der Waals surface area contributed by atoms with E-state index in [-0.39, 0.29) is 29.1 Å². The molecule has 0 N–H and O–H groups in total. The number of hydrogen-bond acceptors (Lipinski definition) is 2. The van der Waals surface area contributed by atoms with Crippen LogP contribution < -0.4 is 0 Å². The number of rotatable bonds is 5. The molecule has 0 aromatic heterocycles. The highest BCUT2D eigenvalue weighted by molar-refractivity contribution is 5.91. The van der Waals surface area contributed by atoms with Crippen LogP contribution in [0.2, 0.25) is 0 Å². The molecule has 4 aliphatic carbocycles. The maximum atomic E-state index is 13.8. The van der Waals surface area contributed by atoms with Gasteiger partial charge >= 0.3 is 0 Å². The van der Waals surface area contributed by atoms with Crippen LogP contribution in [0.3, 0.4) is 0 Å². The first-order chi connectivity index (χ1) is 14.4. The summed E-state index contributed by atoms with van der Waals surface area (Å²) in [6.45, 7) is 1.31. The summed E-state index contributed by atoms with van der Waals surface area (Å²) >= 11 is 0. The average Bonchev–Trinajstić information content (AvgIpc) is 3.20. The zero-order valence-corrected chi connectivity index (χ0v) is 18.0. The van der Waals surface area contributed by atoms with Crippen molar-refractivity contribution in [1.29, 1.82) is 0 Å². The molecule has 6 rings (SSSR count). The minimum absolute atomic E-state index is 0.0627. The van der Waals surface area contributed by atoms with Crippen LogP contribution in [0.25, 0.3) is 0 Å². The molecule has 1 aliphatic heterocycles. The number of benzene rings is 1. The smallest absolute Gasteiger partial charge is 0.245 e. The minimum Gasteiger partial charge on any atom is -0.344 e. The molecule has 5 fully saturated rings. The average molecular weight is 413 g/mol. The van der Waals surface area contributed by atoms with Gasteiger partial charge in [-0.2, -0.15) is 0 Å². The highest BCUT2D eigenvalue weighted by Gasteiger charge is 2.56. The normalized spacial score (nSPS) is 34.4. The van der Waals surface area contributed by atoms with Crippen molar-refractivity contribution >= 4 is 11.8 Å². The third kappa shape index (κ3) is 3.54. The van der Waals surface area contributed by atoms with Crippen molar-refractivity contribution in [2.45, 2.75) is 63.8 Å². The number of likely N-dealkylation sites (tertiary alicyclic amines) is 1. The van der Waals surface area contributed by atoms with E-state index in [1.807, 2.05) is 11.9 Å². The van der Waals surface area contributed by atoms with Gasteiger partial charge in [-0.3, -0.25) is 9.59 Å². The Kier molecular flexibility index (Phi) is 5.11. The van der Waals surface area contributed by atoms with Crippen molar-refractivity contribution in [3.05, 3.63) is 35.6 Å². The van der Waals surface area contributed by atoms with Gasteiger partial charge in [0, 0.05) is 20.1 Å². The van der Waals surface area contributed by atoms with E-state index in [2.05, 4.69) is 0 Å². The maximum absolute atomic E-state index is 13.8. The lowest BCUT2D eigenvalue weighted by molar-refractivity contribution is -0.161. The molecule has 1 unspecified atom stereocenters. The molecule has 1 heterocycles. The van der Waals surface area contributed by atoms with E-state index in [0.29, 0.717) is 13.0 Å². The third-order valence-electron chi connectivity index (χ3n) is 8.32. The molecular formula is C25H33FN2O2. The van der Waals surface area contributed by atoms with Gasteiger partial charge in [-0.25, -0.2) is 4.39 Å². The second kappa shape index (κ2) is 7.65. The summed E-state index contributed by atoms with van der Waals surface area (Å²) in [5, 5.41) is 0. The van der Waals surface area contributed by atoms with Crippen LogP contribution in [-0.4, -0.2) is 47.8 Å². The number of halogens is 1. The number of carbonyl (C=O) groups is 2. The topological polar surface area (TPSA) is 40.6 Å². The molecule has 1 saturated heterocycles. The van der Waals surface area contributed by atoms with Crippen molar-refractivity contribution in [2.24, 2.45) is 23.2 Å². The summed E-state index contributed by atoms with van der Waals surface area (Å²) in [6, 6.07) is 6.15. The Morgan fingerprint density at radius 1 is 1.07 bits per heavy atom. The molecule has 2 amide bonds. The van der Waals surface area contributed by atoms with Gasteiger partial charge in [-0.1, -0.05) is 12.1 Å². The zero-order chi connectivity index (χ0) is 20.9. The summed E-state index contributed by atoms with van der Waals surface area (Å²) in [5.41, 5.74) is 0.841. The Hall–Kier alpha value is -1.91. The van der Waals surface area contributed by atoms with E-state index in [1.165, 1.54) is 31.4 Å². The highest BCUT2D eigenvalue weighted by Crippen LogP contribution is 2.60. The summed E-state index contributed by atoms with van der Waals surface area (Å²) in [6.07, 6.45) is 9.50. The SMILES string of the molecule is CN(CCc1ccc(F)cc1)C(=O)C1CCCN1C(=O)C12CC3CC(CC(C3)C1)C2. The van der Waals surface area contributed by atoms with Gasteiger partial charge in [0.05, 0.1) is 5.41 Å². The first-order valence-electron chi connectivity index (χ1n) is 11.7. The van der Waals surface area contributed by atoms with Crippen molar-refractivity contribution in [3.8, 4) is 0 Å². The number of likely N-dealkylation sites (N-methyl/N-ethyl adjacent to an activating group) is 1. The lowest BCUT2D eigenvalue weighted by atomic mass is 9.49. The van der Waals surface area contributed by atoms with E-state index < -0.39 is 0 Å². The first-order valence-corrected chi connectivity index (χ1v) is 11.7. The quantitative estimate of drug-likeness (QED) is 0.733. The van der Waals surface area contributed by atoms with Crippen LogP contribution in [0.1, 0.15) is 56.9 Å². The van der Waals surface area contributed by atoms with Gasteiger partial charge < -0.3 is 9.80 Å². The fraction of sp³-hybridized carbons (Fsp3) is 0.680. The molecule has 5 aliphatic rings.